The molecule has 0 aliphatic heterocycles. The van der Waals surface area contributed by atoms with Crippen molar-refractivity contribution in [1.29, 1.82) is 0 Å². The fourth-order valence-electron chi connectivity index (χ4n) is 0.577. The second kappa shape index (κ2) is 3.96. The molecule has 0 bridgehead atoms. The average molecular weight is 401 g/mol. The van der Waals surface area contributed by atoms with Crippen LogP contribution in [0.15, 0.2) is 0 Å². The van der Waals surface area contributed by atoms with E-state index in [0.717, 1.165) is 0 Å². The van der Waals surface area contributed by atoms with E-state index in [9.17, 15) is 0 Å². The molecule has 5 heteroatoms. The van der Waals surface area contributed by atoms with Crippen molar-refractivity contribution in [3.8, 4) is 0 Å². The molecule has 0 unspecified atom stereocenters. The van der Waals surface area contributed by atoms with Crippen LogP contribution in [0.25, 0.3) is 0 Å². The Morgan fingerprint density at radius 1 is 0.889 bits per heavy atom. The van der Waals surface area contributed by atoms with Crippen molar-refractivity contribution in [2.75, 3.05) is 0 Å². The predicted molar refractivity (Wildman–Crippen MR) is 54.3 cm³/mol. The quantitative estimate of drug-likeness (QED) is 0.639. The van der Waals surface area contributed by atoms with Gasteiger partial charge >= 0.3 is 75.5 Å². The third kappa shape index (κ3) is 10.5. The summed E-state index contributed by atoms with van der Waals surface area (Å²) in [5.74, 6) is 0. The molecule has 0 atom stereocenters. The first-order valence-corrected chi connectivity index (χ1v) is 29.2. The van der Waals surface area contributed by atoms with E-state index >= 15 is 0 Å². The number of rotatable bonds is 2. The summed E-state index contributed by atoms with van der Waals surface area (Å²) in [7, 11) is 12.3. The van der Waals surface area contributed by atoms with Crippen LogP contribution in [0, 0.1) is 0 Å². The van der Waals surface area contributed by atoms with Gasteiger partial charge in [-0.05, 0) is 0 Å². The Balaban J connectivity index is 3.75. The molecule has 0 nitrogen and oxygen atoms in total. The minimum atomic E-state index is -2.10. The van der Waals surface area contributed by atoms with Gasteiger partial charge in [-0.1, -0.05) is 0 Å². The molecular weight excluding hydrogens is 388 g/mol. The first kappa shape index (κ1) is 11.5. The molecule has 0 radical (unpaired) electrons. The summed E-state index contributed by atoms with van der Waals surface area (Å²) < 4.78 is 0. The van der Waals surface area contributed by atoms with Gasteiger partial charge in [0.05, 0.1) is 0 Å². The van der Waals surface area contributed by atoms with Crippen LogP contribution in [-0.2, 0) is 0 Å². The molecule has 0 fully saturated rings. The number of halogens is 2. The van der Waals surface area contributed by atoms with Crippen LogP contribution < -0.4 is 0 Å². The first-order chi connectivity index (χ1) is 3.71. The summed E-state index contributed by atoms with van der Waals surface area (Å²) in [6.07, 6.45) is 1.96. The van der Waals surface area contributed by atoms with E-state index < -0.39 is 31.7 Å². The Morgan fingerprint density at radius 3 is 1.11 bits per heavy atom. The summed E-state index contributed by atoms with van der Waals surface area (Å²) in [6.45, 7) is 0. The molecule has 0 aromatic rings. The van der Waals surface area contributed by atoms with E-state index in [1.165, 1.54) is 0 Å². The summed E-state index contributed by atoms with van der Waals surface area (Å²) in [5, 5.41) is 0. The molecule has 0 aliphatic carbocycles. The fourth-order valence-corrected chi connectivity index (χ4v) is 135. The van der Waals surface area contributed by atoms with E-state index in [1.807, 2.05) is 6.13 Å². The zero-order valence-electron chi connectivity index (χ0n) is 6.16. The van der Waals surface area contributed by atoms with Gasteiger partial charge in [-0.2, -0.15) is 0 Å². The van der Waals surface area contributed by atoms with E-state index in [0.29, 0.717) is 0 Å². The molecule has 9 heavy (non-hydrogen) atoms. The molecular formula is C4H12Cl2SSn2. The zero-order valence-corrected chi connectivity index (χ0v) is 14.2. The van der Waals surface area contributed by atoms with Crippen molar-refractivity contribution < 1.29 is 0 Å². The molecule has 0 aromatic carbocycles. The van der Waals surface area contributed by atoms with E-state index in [2.05, 4.69) is 19.8 Å². The monoisotopic (exact) mass is 402 g/mol. The third-order valence-electron chi connectivity index (χ3n) is 0.485. The van der Waals surface area contributed by atoms with Crippen molar-refractivity contribution in [3.63, 3.8) is 0 Å². The Bertz CT molecular complexity index is 81.7. The molecule has 0 rings (SSSR count). The second-order valence-corrected chi connectivity index (χ2v) is 61.4. The van der Waals surface area contributed by atoms with Crippen molar-refractivity contribution in [3.05, 3.63) is 0 Å². The van der Waals surface area contributed by atoms with Gasteiger partial charge in [-0.3, -0.25) is 0 Å². The number of hydrogen-bond acceptors (Lipinski definition) is 1. The van der Waals surface area contributed by atoms with Gasteiger partial charge in [0.1, 0.15) is 0 Å². The van der Waals surface area contributed by atoms with Crippen LogP contribution in [0.4, 0.5) is 0 Å². The van der Waals surface area contributed by atoms with Crippen LogP contribution >= 0.6 is 24.0 Å². The SMILES string of the molecule is [CH3][Sn]([CH3])([Cl])[S][Sn]([CH3])([CH3])[Cl]. The second-order valence-electron chi connectivity index (χ2n) is 2.83. The van der Waals surface area contributed by atoms with Crippen LogP contribution in [-0.4, -0.2) is 31.7 Å². The van der Waals surface area contributed by atoms with Crippen LogP contribution in [0.3, 0.4) is 0 Å². The van der Waals surface area contributed by atoms with Gasteiger partial charge in [0.25, 0.3) is 0 Å². The molecule has 0 N–H and O–H groups in total. The summed E-state index contributed by atoms with van der Waals surface area (Å²) in [5.41, 5.74) is 0. The molecule has 0 amide bonds. The van der Waals surface area contributed by atoms with Gasteiger partial charge in [-0.25, -0.2) is 0 Å². The summed E-state index contributed by atoms with van der Waals surface area (Å²) in [6, 6.07) is 0. The maximum absolute atomic E-state index is 6.16. The molecule has 0 spiro atoms. The van der Waals surface area contributed by atoms with Crippen molar-refractivity contribution in [2.24, 2.45) is 0 Å². The van der Waals surface area contributed by atoms with Gasteiger partial charge in [0.2, 0.25) is 0 Å². The van der Waals surface area contributed by atoms with Crippen LogP contribution in [0.2, 0.25) is 19.8 Å². The Hall–Kier alpha value is 2.53. The van der Waals surface area contributed by atoms with E-state index in [-0.39, 0.29) is 0 Å². The third-order valence-corrected chi connectivity index (χ3v) is 86.4. The molecule has 0 saturated carbocycles. The van der Waals surface area contributed by atoms with E-state index in [4.69, 9.17) is 17.8 Å². The van der Waals surface area contributed by atoms with Gasteiger partial charge in [0.15, 0.2) is 0 Å². The Kier molecular flexibility index (Phi) is 5.08. The molecule has 0 heterocycles. The van der Waals surface area contributed by atoms with Crippen molar-refractivity contribution in [1.82, 2.24) is 0 Å². The molecule has 0 aromatic heterocycles. The fraction of sp³-hybridized carbons (Fsp3) is 1.00. The minimum absolute atomic E-state index is 1.96. The van der Waals surface area contributed by atoms with Crippen molar-refractivity contribution >= 4 is 55.7 Å². The normalized spacial score (nSPS) is 14.0. The molecule has 0 saturated heterocycles. The number of hydrogen-bond donors (Lipinski definition) is 0. The standard InChI is InChI=1S/4CH3.2ClH.S.2Sn/h4*1H3;2*1H;;;/q;;;;;;;2*+1/p-2. The van der Waals surface area contributed by atoms with Crippen LogP contribution in [0.1, 0.15) is 0 Å². The molecule has 0 aliphatic rings. The Labute approximate surface area is 74.1 Å². The summed E-state index contributed by atoms with van der Waals surface area (Å²) >= 11 is -4.19. The summed E-state index contributed by atoms with van der Waals surface area (Å²) in [4.78, 5) is 8.79. The van der Waals surface area contributed by atoms with Gasteiger partial charge < -0.3 is 0 Å². The average Bonchev–Trinajstić information content (AvgIpc) is 1.14. The maximum atomic E-state index is 6.16. The van der Waals surface area contributed by atoms with Gasteiger partial charge in [-0.15, -0.1) is 0 Å². The molecule has 56 valence electrons. The first-order valence-electron chi connectivity index (χ1n) is 2.79. The van der Waals surface area contributed by atoms with Crippen molar-refractivity contribution in [2.45, 2.75) is 19.8 Å². The predicted octanol–water partition coefficient (Wildman–Crippen LogP) is 3.60. The van der Waals surface area contributed by atoms with E-state index in [1.54, 1.807) is 0 Å². The van der Waals surface area contributed by atoms with Gasteiger partial charge in [0, 0.05) is 0 Å². The zero-order chi connectivity index (χ0) is 7.71. The topological polar surface area (TPSA) is 0 Å². The Morgan fingerprint density at radius 2 is 1.11 bits per heavy atom. The van der Waals surface area contributed by atoms with Crippen LogP contribution in [0.5, 0.6) is 0 Å².